The number of nitrogens with zero attached hydrogens (tertiary/aromatic N) is 1. The molecule has 16 heavy (non-hydrogen) atoms. The minimum absolute atomic E-state index is 0.110. The fourth-order valence-corrected chi connectivity index (χ4v) is 3.13. The first-order valence-corrected chi connectivity index (χ1v) is 6.36. The number of aliphatic hydroxyl groups excluding tert-OH is 1. The fraction of sp³-hybridized carbons (Fsp3) is 0.923. The van der Waals surface area contributed by atoms with E-state index in [4.69, 9.17) is 0 Å². The molecule has 1 aliphatic carbocycles. The molecule has 1 heterocycles. The number of aliphatic hydroxyl groups is 1. The molecule has 2 fully saturated rings. The number of carbonyl (C=O) groups excluding carboxylic acids is 1. The maximum absolute atomic E-state index is 12.0. The van der Waals surface area contributed by atoms with Gasteiger partial charge < -0.3 is 10.0 Å². The molecule has 0 radical (unpaired) electrons. The largest absolute Gasteiger partial charge is 0.393 e. The first-order valence-electron chi connectivity index (χ1n) is 6.36. The molecule has 3 unspecified atom stereocenters. The SMILES string of the molecule is CC1CCC(O)CC1N1CC(C)(C)CC1=O. The molecule has 0 aromatic rings. The van der Waals surface area contributed by atoms with Gasteiger partial charge in [-0.3, -0.25) is 4.79 Å². The average molecular weight is 225 g/mol. The summed E-state index contributed by atoms with van der Waals surface area (Å²) in [7, 11) is 0. The van der Waals surface area contributed by atoms with Crippen LogP contribution in [-0.2, 0) is 4.79 Å². The van der Waals surface area contributed by atoms with Gasteiger partial charge in [0.05, 0.1) is 6.10 Å². The Morgan fingerprint density at radius 2 is 2.06 bits per heavy atom. The molecule has 3 heteroatoms. The van der Waals surface area contributed by atoms with Gasteiger partial charge in [-0.1, -0.05) is 20.8 Å². The normalized spacial score (nSPS) is 39.1. The molecule has 0 spiro atoms. The summed E-state index contributed by atoms with van der Waals surface area (Å²) < 4.78 is 0. The lowest BCUT2D eigenvalue weighted by Gasteiger charge is -2.38. The van der Waals surface area contributed by atoms with Crippen LogP contribution in [0.4, 0.5) is 0 Å². The van der Waals surface area contributed by atoms with Crippen molar-refractivity contribution in [1.82, 2.24) is 4.90 Å². The minimum Gasteiger partial charge on any atom is -0.393 e. The van der Waals surface area contributed by atoms with Crippen molar-refractivity contribution in [2.45, 2.75) is 58.6 Å². The van der Waals surface area contributed by atoms with E-state index >= 15 is 0 Å². The summed E-state index contributed by atoms with van der Waals surface area (Å²) in [6.07, 6.45) is 3.15. The fourth-order valence-electron chi connectivity index (χ4n) is 3.13. The van der Waals surface area contributed by atoms with E-state index in [0.717, 1.165) is 25.8 Å². The first-order chi connectivity index (χ1) is 7.39. The van der Waals surface area contributed by atoms with E-state index in [9.17, 15) is 9.90 Å². The van der Waals surface area contributed by atoms with Crippen molar-refractivity contribution in [1.29, 1.82) is 0 Å². The summed E-state index contributed by atoms with van der Waals surface area (Å²) in [6.45, 7) is 7.35. The lowest BCUT2D eigenvalue weighted by molar-refractivity contribution is -0.132. The third kappa shape index (κ3) is 2.24. The van der Waals surface area contributed by atoms with E-state index in [1.54, 1.807) is 0 Å². The molecule has 0 bridgehead atoms. The predicted octanol–water partition coefficient (Wildman–Crippen LogP) is 1.79. The van der Waals surface area contributed by atoms with Crippen LogP contribution in [0.2, 0.25) is 0 Å². The summed E-state index contributed by atoms with van der Waals surface area (Å²) in [6, 6.07) is 0.262. The maximum atomic E-state index is 12.0. The van der Waals surface area contributed by atoms with Gasteiger partial charge in [0, 0.05) is 19.0 Å². The predicted molar refractivity (Wildman–Crippen MR) is 62.9 cm³/mol. The highest BCUT2D eigenvalue weighted by atomic mass is 16.3. The van der Waals surface area contributed by atoms with Crippen LogP contribution < -0.4 is 0 Å². The van der Waals surface area contributed by atoms with Crippen molar-refractivity contribution in [3.05, 3.63) is 0 Å². The monoisotopic (exact) mass is 225 g/mol. The van der Waals surface area contributed by atoms with Crippen LogP contribution in [0.15, 0.2) is 0 Å². The highest BCUT2D eigenvalue weighted by molar-refractivity contribution is 5.79. The smallest absolute Gasteiger partial charge is 0.223 e. The zero-order valence-corrected chi connectivity index (χ0v) is 10.6. The Hall–Kier alpha value is -0.570. The molecule has 2 aliphatic rings. The second-order valence-corrected chi connectivity index (χ2v) is 6.37. The van der Waals surface area contributed by atoms with Gasteiger partial charge >= 0.3 is 0 Å². The van der Waals surface area contributed by atoms with Gasteiger partial charge in [-0.05, 0) is 30.6 Å². The van der Waals surface area contributed by atoms with Crippen molar-refractivity contribution in [3.8, 4) is 0 Å². The third-order valence-corrected chi connectivity index (χ3v) is 4.07. The number of rotatable bonds is 1. The molecular formula is C13H23NO2. The van der Waals surface area contributed by atoms with Gasteiger partial charge in [0.15, 0.2) is 0 Å². The number of likely N-dealkylation sites (tertiary alicyclic amines) is 1. The van der Waals surface area contributed by atoms with E-state index in [0.29, 0.717) is 12.3 Å². The zero-order chi connectivity index (χ0) is 11.9. The van der Waals surface area contributed by atoms with Gasteiger partial charge in [-0.2, -0.15) is 0 Å². The Morgan fingerprint density at radius 1 is 1.38 bits per heavy atom. The van der Waals surface area contributed by atoms with Crippen molar-refractivity contribution in [2.24, 2.45) is 11.3 Å². The summed E-state index contributed by atoms with van der Waals surface area (Å²) in [5, 5.41) is 9.74. The molecule has 1 N–H and O–H groups in total. The molecule has 1 saturated heterocycles. The Kier molecular flexibility index (Phi) is 2.99. The molecule has 1 aliphatic heterocycles. The second-order valence-electron chi connectivity index (χ2n) is 6.37. The van der Waals surface area contributed by atoms with Crippen LogP contribution in [0.3, 0.4) is 0 Å². The standard InChI is InChI=1S/C13H23NO2/c1-9-4-5-10(15)6-11(9)14-8-13(2,3)7-12(14)16/h9-11,15H,4-8H2,1-3H3. The van der Waals surface area contributed by atoms with Crippen molar-refractivity contribution >= 4 is 5.91 Å². The Bertz CT molecular complexity index is 288. The van der Waals surface area contributed by atoms with E-state index in [1.807, 2.05) is 4.90 Å². The molecule has 1 amide bonds. The highest BCUT2D eigenvalue weighted by Crippen LogP contribution is 2.37. The van der Waals surface area contributed by atoms with Crippen LogP contribution >= 0.6 is 0 Å². The van der Waals surface area contributed by atoms with Crippen LogP contribution in [0.1, 0.15) is 46.5 Å². The van der Waals surface area contributed by atoms with Gasteiger partial charge in [0.2, 0.25) is 5.91 Å². The zero-order valence-electron chi connectivity index (χ0n) is 10.6. The highest BCUT2D eigenvalue weighted by Gasteiger charge is 2.42. The van der Waals surface area contributed by atoms with E-state index in [2.05, 4.69) is 20.8 Å². The lowest BCUT2D eigenvalue weighted by atomic mass is 9.83. The van der Waals surface area contributed by atoms with Crippen LogP contribution in [0.25, 0.3) is 0 Å². The molecular weight excluding hydrogens is 202 g/mol. The van der Waals surface area contributed by atoms with Gasteiger partial charge in [0.1, 0.15) is 0 Å². The average Bonchev–Trinajstić information content (AvgIpc) is 2.44. The van der Waals surface area contributed by atoms with Crippen molar-refractivity contribution in [2.75, 3.05) is 6.54 Å². The topological polar surface area (TPSA) is 40.5 Å². The van der Waals surface area contributed by atoms with Crippen LogP contribution in [0.5, 0.6) is 0 Å². The molecule has 1 saturated carbocycles. The summed E-state index contributed by atoms with van der Waals surface area (Å²) in [5.74, 6) is 0.803. The number of hydrogen-bond donors (Lipinski definition) is 1. The van der Waals surface area contributed by atoms with Crippen molar-refractivity contribution in [3.63, 3.8) is 0 Å². The van der Waals surface area contributed by atoms with Gasteiger partial charge in [-0.15, -0.1) is 0 Å². The van der Waals surface area contributed by atoms with E-state index < -0.39 is 0 Å². The van der Waals surface area contributed by atoms with E-state index in [1.165, 1.54) is 0 Å². The van der Waals surface area contributed by atoms with E-state index in [-0.39, 0.29) is 23.5 Å². The van der Waals surface area contributed by atoms with Gasteiger partial charge in [-0.25, -0.2) is 0 Å². The lowest BCUT2D eigenvalue weighted by Crippen LogP contribution is -2.46. The Morgan fingerprint density at radius 3 is 2.62 bits per heavy atom. The number of carbonyl (C=O) groups is 1. The Balaban J connectivity index is 2.09. The summed E-state index contributed by atoms with van der Waals surface area (Å²) in [5.41, 5.74) is 0.110. The molecule has 3 atom stereocenters. The van der Waals surface area contributed by atoms with Crippen LogP contribution in [-0.4, -0.2) is 34.6 Å². The molecule has 0 aromatic heterocycles. The number of hydrogen-bond acceptors (Lipinski definition) is 2. The summed E-state index contributed by atoms with van der Waals surface area (Å²) >= 11 is 0. The molecule has 0 aromatic carbocycles. The van der Waals surface area contributed by atoms with Crippen molar-refractivity contribution < 1.29 is 9.90 Å². The second kappa shape index (κ2) is 4.02. The van der Waals surface area contributed by atoms with Crippen LogP contribution in [0, 0.1) is 11.3 Å². The molecule has 3 nitrogen and oxygen atoms in total. The summed E-state index contributed by atoms with van der Waals surface area (Å²) in [4.78, 5) is 14.0. The Labute approximate surface area is 97.8 Å². The van der Waals surface area contributed by atoms with Gasteiger partial charge in [0.25, 0.3) is 0 Å². The maximum Gasteiger partial charge on any atom is 0.223 e. The number of amides is 1. The quantitative estimate of drug-likeness (QED) is 0.739. The molecule has 92 valence electrons. The first kappa shape index (κ1) is 11.9. The minimum atomic E-state index is -0.210. The molecule has 2 rings (SSSR count). The third-order valence-electron chi connectivity index (χ3n) is 4.07.